The Labute approximate surface area is 335 Å². The van der Waals surface area contributed by atoms with Gasteiger partial charge in [-0.2, -0.15) is 26.3 Å². The molecule has 0 unspecified atom stereocenters. The number of nitrogens with zero attached hydrogens (tertiary/aromatic N) is 2. The Morgan fingerprint density at radius 1 is 0.390 bits per heavy atom. The van der Waals surface area contributed by atoms with Crippen LogP contribution in [0.2, 0.25) is 0 Å². The van der Waals surface area contributed by atoms with Crippen LogP contribution in [-0.2, 0) is 12.4 Å². The Kier molecular flexibility index (Phi) is 9.19. The first-order valence-corrected chi connectivity index (χ1v) is 18.7. The molecule has 0 spiro atoms. The van der Waals surface area contributed by atoms with Crippen LogP contribution in [0.5, 0.6) is 0 Å². The molecule has 0 aliphatic heterocycles. The lowest BCUT2D eigenvalue weighted by Gasteiger charge is -2.11. The van der Waals surface area contributed by atoms with Gasteiger partial charge in [0, 0.05) is 56.5 Å². The number of fused-ring (bicyclic) bond motifs is 3. The second kappa shape index (κ2) is 14.4. The SMILES string of the molecule is Cc1cc(-c2ccc(-c3ccc(-c4cccc5c4oc4c(-c6ccc(-c7ccc(-c8cc(C)cc(C(F)(F)F)c8)nc7)cc6)cccc45)cc3)cn2)cc(C(F)(F)F)c1. The van der Waals surface area contributed by atoms with Crippen molar-refractivity contribution in [3.05, 3.63) is 180 Å². The van der Waals surface area contributed by atoms with Crippen LogP contribution in [0.3, 0.4) is 0 Å². The number of hydrogen-bond donors (Lipinski definition) is 0. The van der Waals surface area contributed by atoms with Crippen molar-refractivity contribution in [3.63, 3.8) is 0 Å². The summed E-state index contributed by atoms with van der Waals surface area (Å²) in [7, 11) is 0. The van der Waals surface area contributed by atoms with Gasteiger partial charge in [-0.25, -0.2) is 0 Å². The lowest BCUT2D eigenvalue weighted by atomic mass is 9.97. The molecule has 6 aromatic carbocycles. The lowest BCUT2D eigenvalue weighted by molar-refractivity contribution is -0.138. The van der Waals surface area contributed by atoms with E-state index in [1.807, 2.05) is 97.1 Å². The highest BCUT2D eigenvalue weighted by molar-refractivity contribution is 6.13. The standard InChI is InChI=1S/C50H32F6N2O/c1-29-21-37(25-39(23-29)49(51,52)53)45-19-17-35(27-57-45)31-9-13-33(14-10-31)41-5-3-7-43-44-8-4-6-42(48(44)59-47(41)43)34-15-11-32(12-16-34)36-18-20-46(58-28-36)38-22-30(2)24-40(26-38)50(54,55)56/h3-28H,1-2H3. The fourth-order valence-electron chi connectivity index (χ4n) is 7.62. The molecule has 0 saturated carbocycles. The second-order valence-corrected chi connectivity index (χ2v) is 14.7. The van der Waals surface area contributed by atoms with Crippen LogP contribution in [0, 0.1) is 13.8 Å². The summed E-state index contributed by atoms with van der Waals surface area (Å²) in [6.45, 7) is 3.28. The zero-order valence-electron chi connectivity index (χ0n) is 31.6. The summed E-state index contributed by atoms with van der Waals surface area (Å²) < 4.78 is 87.2. The van der Waals surface area contributed by atoms with Crippen molar-refractivity contribution in [1.82, 2.24) is 9.97 Å². The molecule has 0 bridgehead atoms. The van der Waals surface area contributed by atoms with Gasteiger partial charge < -0.3 is 4.42 Å². The molecule has 59 heavy (non-hydrogen) atoms. The molecular weight excluding hydrogens is 759 g/mol. The number of para-hydroxylation sites is 2. The van der Waals surface area contributed by atoms with E-state index in [9.17, 15) is 26.3 Å². The molecule has 290 valence electrons. The Bertz CT molecular complexity index is 2800. The van der Waals surface area contributed by atoms with Gasteiger partial charge in [-0.05, 0) is 95.8 Å². The van der Waals surface area contributed by atoms with E-state index in [1.54, 1.807) is 50.5 Å². The van der Waals surface area contributed by atoms with Gasteiger partial charge in [0.2, 0.25) is 0 Å². The summed E-state index contributed by atoms with van der Waals surface area (Å²) in [5.74, 6) is 0. The normalized spacial score (nSPS) is 12.1. The minimum absolute atomic E-state index is 0.411. The van der Waals surface area contributed by atoms with E-state index in [0.717, 1.165) is 90.7 Å². The number of furan rings is 1. The summed E-state index contributed by atoms with van der Waals surface area (Å²) in [5, 5.41) is 1.96. The van der Waals surface area contributed by atoms with E-state index >= 15 is 0 Å². The average molecular weight is 791 g/mol. The number of hydrogen-bond acceptors (Lipinski definition) is 3. The third-order valence-electron chi connectivity index (χ3n) is 10.5. The minimum atomic E-state index is -4.44. The molecule has 0 aliphatic rings. The van der Waals surface area contributed by atoms with Gasteiger partial charge in [0.1, 0.15) is 11.2 Å². The van der Waals surface area contributed by atoms with Gasteiger partial charge in [-0.1, -0.05) is 97.1 Å². The second-order valence-electron chi connectivity index (χ2n) is 14.7. The van der Waals surface area contributed by atoms with Crippen molar-refractivity contribution < 1.29 is 30.8 Å². The average Bonchev–Trinajstić information content (AvgIpc) is 3.62. The van der Waals surface area contributed by atoms with Crippen LogP contribution < -0.4 is 0 Å². The summed E-state index contributed by atoms with van der Waals surface area (Å²) in [4.78, 5) is 9.00. The van der Waals surface area contributed by atoms with Gasteiger partial charge in [0.15, 0.2) is 0 Å². The topological polar surface area (TPSA) is 38.9 Å². The first kappa shape index (κ1) is 37.6. The van der Waals surface area contributed by atoms with Crippen LogP contribution in [0.4, 0.5) is 26.3 Å². The molecule has 0 fully saturated rings. The molecule has 0 aliphatic carbocycles. The Hall–Kier alpha value is -7.00. The zero-order valence-corrected chi connectivity index (χ0v) is 31.6. The van der Waals surface area contributed by atoms with E-state index in [0.29, 0.717) is 33.6 Å². The first-order valence-electron chi connectivity index (χ1n) is 18.7. The van der Waals surface area contributed by atoms with Gasteiger partial charge in [0.05, 0.1) is 22.5 Å². The maximum Gasteiger partial charge on any atom is 0.416 e. The molecule has 0 radical (unpaired) electrons. The number of alkyl halides is 6. The fraction of sp³-hybridized carbons (Fsp3) is 0.0800. The summed E-state index contributed by atoms with van der Waals surface area (Å²) in [6.07, 6.45) is -5.53. The number of halogens is 6. The Morgan fingerprint density at radius 2 is 0.763 bits per heavy atom. The van der Waals surface area contributed by atoms with Crippen LogP contribution in [0.15, 0.2) is 162 Å². The Morgan fingerprint density at radius 3 is 1.12 bits per heavy atom. The van der Waals surface area contributed by atoms with Gasteiger partial charge >= 0.3 is 12.4 Å². The molecule has 3 nitrogen and oxygen atoms in total. The van der Waals surface area contributed by atoms with Crippen molar-refractivity contribution in [1.29, 1.82) is 0 Å². The molecule has 0 atom stereocenters. The lowest BCUT2D eigenvalue weighted by Crippen LogP contribution is -2.05. The van der Waals surface area contributed by atoms with Crippen LogP contribution in [0.25, 0.3) is 89.0 Å². The molecule has 3 aromatic heterocycles. The van der Waals surface area contributed by atoms with Crippen LogP contribution in [0.1, 0.15) is 22.3 Å². The van der Waals surface area contributed by atoms with Crippen molar-refractivity contribution in [3.8, 4) is 67.0 Å². The summed E-state index contributed by atoms with van der Waals surface area (Å²) in [6, 6.07) is 43.3. The van der Waals surface area contributed by atoms with Crippen molar-refractivity contribution in [2.24, 2.45) is 0 Å². The van der Waals surface area contributed by atoms with Crippen molar-refractivity contribution in [2.45, 2.75) is 26.2 Å². The predicted octanol–water partition coefficient (Wildman–Crippen LogP) is 15.0. The number of aryl methyl sites for hydroxylation is 2. The highest BCUT2D eigenvalue weighted by Gasteiger charge is 2.32. The van der Waals surface area contributed by atoms with E-state index in [1.165, 1.54) is 0 Å². The molecule has 0 N–H and O–H groups in total. The zero-order chi connectivity index (χ0) is 41.1. The van der Waals surface area contributed by atoms with E-state index in [-0.39, 0.29) is 0 Å². The molecule has 3 heterocycles. The quantitative estimate of drug-likeness (QED) is 0.158. The monoisotopic (exact) mass is 790 g/mol. The van der Waals surface area contributed by atoms with Crippen LogP contribution >= 0.6 is 0 Å². The van der Waals surface area contributed by atoms with E-state index < -0.39 is 23.5 Å². The number of rotatable bonds is 6. The van der Waals surface area contributed by atoms with Crippen LogP contribution in [-0.4, -0.2) is 9.97 Å². The van der Waals surface area contributed by atoms with Crippen molar-refractivity contribution in [2.75, 3.05) is 0 Å². The summed E-state index contributed by atoms with van der Waals surface area (Å²) >= 11 is 0. The summed E-state index contributed by atoms with van der Waals surface area (Å²) in [5.41, 5.74) is 10.1. The predicted molar refractivity (Wildman–Crippen MR) is 221 cm³/mol. The number of benzene rings is 6. The highest BCUT2D eigenvalue weighted by atomic mass is 19.4. The van der Waals surface area contributed by atoms with Crippen molar-refractivity contribution >= 4 is 21.9 Å². The maximum absolute atomic E-state index is 13.4. The fourth-order valence-corrected chi connectivity index (χ4v) is 7.62. The molecule has 9 rings (SSSR count). The molecule has 9 aromatic rings. The van der Waals surface area contributed by atoms with Gasteiger partial charge in [-0.3, -0.25) is 9.97 Å². The number of pyridine rings is 2. The first-order chi connectivity index (χ1) is 28.3. The molecule has 9 heteroatoms. The minimum Gasteiger partial charge on any atom is -0.455 e. The maximum atomic E-state index is 13.4. The third-order valence-corrected chi connectivity index (χ3v) is 10.5. The third kappa shape index (κ3) is 7.36. The molecular formula is C50H32F6N2O. The molecule has 0 saturated heterocycles. The smallest absolute Gasteiger partial charge is 0.416 e. The highest BCUT2D eigenvalue weighted by Crippen LogP contribution is 2.41. The van der Waals surface area contributed by atoms with Gasteiger partial charge in [0.25, 0.3) is 0 Å². The van der Waals surface area contributed by atoms with E-state index in [2.05, 4.69) is 9.97 Å². The van der Waals surface area contributed by atoms with E-state index in [4.69, 9.17) is 4.42 Å². The van der Waals surface area contributed by atoms with Gasteiger partial charge in [-0.15, -0.1) is 0 Å². The largest absolute Gasteiger partial charge is 0.455 e. The number of aromatic nitrogens is 2. The Balaban J connectivity index is 0.971. The molecule has 0 amide bonds.